The van der Waals surface area contributed by atoms with Gasteiger partial charge >= 0.3 is 0 Å². The Hall–Kier alpha value is -0.180. The van der Waals surface area contributed by atoms with E-state index in [1.807, 2.05) is 13.2 Å². The third kappa shape index (κ3) is 4.33. The second-order valence-electron chi connectivity index (χ2n) is 1.70. The van der Waals surface area contributed by atoms with Gasteiger partial charge in [0.1, 0.15) is 0 Å². The fraction of sp³-hybridized carbons (Fsp3) is 0.667. The molecular formula is C6H12FNS. The topological polar surface area (TPSA) is 12.0 Å². The number of hydrogen-bond donors (Lipinski definition) is 1. The first-order valence-corrected chi connectivity index (χ1v) is 4.27. The summed E-state index contributed by atoms with van der Waals surface area (Å²) in [7, 11) is 0. The molecule has 0 atom stereocenters. The minimum Gasteiger partial charge on any atom is -0.232 e. The van der Waals surface area contributed by atoms with Crippen molar-refractivity contribution in [1.82, 2.24) is 5.54 Å². The maximum atomic E-state index is 11.4. The lowest BCUT2D eigenvalue weighted by molar-refractivity contribution is 0.404. The van der Waals surface area contributed by atoms with Gasteiger partial charge in [-0.15, -0.1) is 4.48 Å². The van der Waals surface area contributed by atoms with Crippen LogP contribution in [-0.4, -0.2) is 12.0 Å². The van der Waals surface area contributed by atoms with Crippen LogP contribution in [0.5, 0.6) is 0 Å². The van der Waals surface area contributed by atoms with Gasteiger partial charge in [-0.05, 0) is 18.2 Å². The molecule has 0 unspecified atom stereocenters. The van der Waals surface area contributed by atoms with Crippen molar-refractivity contribution in [3.8, 4) is 0 Å². The zero-order valence-corrected chi connectivity index (χ0v) is 6.59. The average Bonchev–Trinajstić information content (AvgIpc) is 1.88. The van der Waals surface area contributed by atoms with Gasteiger partial charge in [0.2, 0.25) is 0 Å². The molecule has 0 aliphatic rings. The normalized spacial score (nSPS) is 11.7. The number of rotatable bonds is 4. The highest BCUT2D eigenvalue weighted by atomic mass is 32.2. The fourth-order valence-electron chi connectivity index (χ4n) is 0.508. The molecule has 0 aromatic carbocycles. The fourth-order valence-corrected chi connectivity index (χ4v) is 1.17. The molecule has 1 N–H and O–H groups in total. The third-order valence-electron chi connectivity index (χ3n) is 1.04. The Balaban J connectivity index is 3.53. The SMILES string of the molecule is CC/C(=C/NF)CSC. The summed E-state index contributed by atoms with van der Waals surface area (Å²) in [6.45, 7) is 2.01. The highest BCUT2D eigenvalue weighted by Crippen LogP contribution is 2.06. The van der Waals surface area contributed by atoms with Gasteiger partial charge in [-0.3, -0.25) is 0 Å². The van der Waals surface area contributed by atoms with Crippen LogP contribution in [0.4, 0.5) is 4.48 Å². The van der Waals surface area contributed by atoms with E-state index in [-0.39, 0.29) is 0 Å². The Labute approximate surface area is 59.6 Å². The number of halogens is 1. The maximum Gasteiger partial charge on any atom is 0.0294 e. The third-order valence-corrected chi connectivity index (χ3v) is 1.70. The van der Waals surface area contributed by atoms with Crippen LogP contribution in [0.25, 0.3) is 0 Å². The Morgan fingerprint density at radius 2 is 2.44 bits per heavy atom. The lowest BCUT2D eigenvalue weighted by atomic mass is 10.3. The van der Waals surface area contributed by atoms with Crippen molar-refractivity contribution < 1.29 is 4.48 Å². The molecule has 0 amide bonds. The van der Waals surface area contributed by atoms with Crippen LogP contribution < -0.4 is 5.54 Å². The molecule has 1 nitrogen and oxygen atoms in total. The first kappa shape index (κ1) is 8.82. The van der Waals surface area contributed by atoms with Crippen molar-refractivity contribution in [2.45, 2.75) is 13.3 Å². The van der Waals surface area contributed by atoms with Gasteiger partial charge in [0.25, 0.3) is 0 Å². The average molecular weight is 149 g/mol. The summed E-state index contributed by atoms with van der Waals surface area (Å²) in [6.07, 6.45) is 4.33. The van der Waals surface area contributed by atoms with Crippen LogP contribution in [0.3, 0.4) is 0 Å². The molecule has 0 aliphatic carbocycles. The quantitative estimate of drug-likeness (QED) is 0.614. The van der Waals surface area contributed by atoms with E-state index >= 15 is 0 Å². The number of thioether (sulfide) groups is 1. The summed E-state index contributed by atoms with van der Waals surface area (Å²) < 4.78 is 11.4. The van der Waals surface area contributed by atoms with Crippen LogP contribution in [-0.2, 0) is 0 Å². The highest BCUT2D eigenvalue weighted by Gasteiger charge is 1.89. The Bertz CT molecular complexity index is 93.1. The Kier molecular flexibility index (Phi) is 5.83. The minimum absolute atomic E-state index is 0.910. The molecule has 0 heterocycles. The van der Waals surface area contributed by atoms with Crippen molar-refractivity contribution >= 4 is 11.8 Å². The summed E-state index contributed by atoms with van der Waals surface area (Å²) in [5.41, 5.74) is 2.63. The highest BCUT2D eigenvalue weighted by molar-refractivity contribution is 7.98. The first-order valence-electron chi connectivity index (χ1n) is 2.88. The summed E-state index contributed by atoms with van der Waals surface area (Å²) >= 11 is 1.70. The van der Waals surface area contributed by atoms with Gasteiger partial charge in [-0.25, -0.2) is 5.54 Å². The standard InChI is InChI=1S/C6H12FNS/c1-3-6(4-8-7)5-9-2/h4,8H,3,5H2,1-2H3/b6-4-. The van der Waals surface area contributed by atoms with Crippen molar-refractivity contribution in [3.05, 3.63) is 11.8 Å². The second-order valence-corrected chi connectivity index (χ2v) is 2.56. The van der Waals surface area contributed by atoms with E-state index in [2.05, 4.69) is 0 Å². The second kappa shape index (κ2) is 5.95. The van der Waals surface area contributed by atoms with Crippen molar-refractivity contribution in [1.29, 1.82) is 0 Å². The molecule has 0 spiro atoms. The monoisotopic (exact) mass is 149 g/mol. The van der Waals surface area contributed by atoms with Crippen molar-refractivity contribution in [3.63, 3.8) is 0 Å². The van der Waals surface area contributed by atoms with E-state index in [1.54, 1.807) is 11.8 Å². The molecule has 0 aromatic rings. The lowest BCUT2D eigenvalue weighted by Crippen LogP contribution is -1.92. The van der Waals surface area contributed by atoms with Crippen LogP contribution in [0.2, 0.25) is 0 Å². The van der Waals surface area contributed by atoms with Crippen molar-refractivity contribution in [2.24, 2.45) is 0 Å². The van der Waals surface area contributed by atoms with Crippen LogP contribution in [0, 0.1) is 0 Å². The van der Waals surface area contributed by atoms with Crippen molar-refractivity contribution in [2.75, 3.05) is 12.0 Å². The summed E-state index contributed by atoms with van der Waals surface area (Å²) in [4.78, 5) is 0. The zero-order chi connectivity index (χ0) is 7.11. The molecule has 0 fully saturated rings. The van der Waals surface area contributed by atoms with Gasteiger partial charge in [0.05, 0.1) is 0 Å². The van der Waals surface area contributed by atoms with E-state index in [1.165, 1.54) is 11.7 Å². The molecule has 0 aromatic heterocycles. The van der Waals surface area contributed by atoms with Crippen LogP contribution in [0.1, 0.15) is 13.3 Å². The molecule has 0 radical (unpaired) electrons. The predicted octanol–water partition coefficient (Wildman–Crippen LogP) is 2.12. The smallest absolute Gasteiger partial charge is 0.0294 e. The molecule has 0 saturated carbocycles. The van der Waals surface area contributed by atoms with Crippen LogP contribution in [0.15, 0.2) is 11.8 Å². The van der Waals surface area contributed by atoms with E-state index < -0.39 is 0 Å². The van der Waals surface area contributed by atoms with Gasteiger partial charge in [0, 0.05) is 12.0 Å². The summed E-state index contributed by atoms with van der Waals surface area (Å²) in [5.74, 6) is 0.910. The van der Waals surface area contributed by atoms with E-state index in [4.69, 9.17) is 0 Å². The zero-order valence-electron chi connectivity index (χ0n) is 5.78. The number of hydrogen-bond acceptors (Lipinski definition) is 2. The van der Waals surface area contributed by atoms with Gasteiger partial charge in [-0.1, -0.05) is 6.92 Å². The molecule has 54 valence electrons. The largest absolute Gasteiger partial charge is 0.232 e. The minimum atomic E-state index is 0.910. The molecular weight excluding hydrogens is 137 g/mol. The predicted molar refractivity (Wildman–Crippen MR) is 41.0 cm³/mol. The Morgan fingerprint density at radius 1 is 1.78 bits per heavy atom. The van der Waals surface area contributed by atoms with E-state index in [9.17, 15) is 4.48 Å². The lowest BCUT2D eigenvalue weighted by Gasteiger charge is -1.98. The first-order chi connectivity index (χ1) is 4.35. The maximum absolute atomic E-state index is 11.4. The molecule has 3 heteroatoms. The number of nitrogens with one attached hydrogen (secondary N) is 1. The summed E-state index contributed by atoms with van der Waals surface area (Å²) in [6, 6.07) is 0. The Morgan fingerprint density at radius 3 is 2.78 bits per heavy atom. The van der Waals surface area contributed by atoms with E-state index in [0.717, 1.165) is 17.7 Å². The summed E-state index contributed by atoms with van der Waals surface area (Å²) in [5, 5.41) is 0. The van der Waals surface area contributed by atoms with Gasteiger partial charge in [0.15, 0.2) is 0 Å². The van der Waals surface area contributed by atoms with Gasteiger partial charge < -0.3 is 0 Å². The van der Waals surface area contributed by atoms with Crippen LogP contribution >= 0.6 is 11.8 Å². The van der Waals surface area contributed by atoms with Gasteiger partial charge in [-0.2, -0.15) is 11.8 Å². The van der Waals surface area contributed by atoms with E-state index in [0.29, 0.717) is 0 Å². The molecule has 0 aliphatic heterocycles. The molecule has 0 rings (SSSR count). The molecule has 0 bridgehead atoms. The molecule has 0 saturated heterocycles. The molecule has 9 heavy (non-hydrogen) atoms.